The summed E-state index contributed by atoms with van der Waals surface area (Å²) in [6.45, 7) is 3.37. The molecule has 0 saturated carbocycles. The molecule has 0 unspecified atom stereocenters. The largest absolute Gasteiger partial charge is 0.391 e. The minimum Gasteiger partial charge on any atom is -0.391 e. The Balaban J connectivity index is 2.21. The number of β-amino-alcohol motifs (C(OH)–C–C–N with tert-alkyl or cyclic N) is 1. The molecule has 3 N–H and O–H groups in total. The molecule has 1 saturated heterocycles. The standard InChI is InChI=1S/C12H17N5O/c1-7-5-9-10(11(13)15-16(9)2)12(14-7)17-4-3-8(18)6-17/h5,8,18H,3-4,6H2,1-2H3,(H2,13,15)/t8-/m0/s1. The molecule has 0 aliphatic carbocycles. The number of aliphatic hydroxyl groups excluding tert-OH is 1. The number of fused-ring (bicyclic) bond motifs is 1. The zero-order chi connectivity index (χ0) is 12.9. The quantitative estimate of drug-likeness (QED) is 0.764. The van der Waals surface area contributed by atoms with Crippen molar-refractivity contribution in [2.24, 2.45) is 7.05 Å². The van der Waals surface area contributed by atoms with E-state index >= 15 is 0 Å². The zero-order valence-electron chi connectivity index (χ0n) is 10.6. The van der Waals surface area contributed by atoms with Gasteiger partial charge in [0.05, 0.1) is 17.0 Å². The number of hydrogen-bond donors (Lipinski definition) is 2. The second-order valence-electron chi connectivity index (χ2n) is 4.88. The van der Waals surface area contributed by atoms with E-state index in [1.54, 1.807) is 4.68 Å². The zero-order valence-corrected chi connectivity index (χ0v) is 10.6. The van der Waals surface area contributed by atoms with Gasteiger partial charge < -0.3 is 15.7 Å². The third-order valence-electron chi connectivity index (χ3n) is 3.43. The van der Waals surface area contributed by atoms with Gasteiger partial charge in [0.15, 0.2) is 5.82 Å². The number of nitrogen functional groups attached to an aromatic ring is 1. The molecule has 1 atom stereocenters. The van der Waals surface area contributed by atoms with Crippen LogP contribution in [0.5, 0.6) is 0 Å². The molecule has 3 rings (SSSR count). The smallest absolute Gasteiger partial charge is 0.157 e. The van der Waals surface area contributed by atoms with E-state index in [1.807, 2.05) is 20.0 Å². The van der Waals surface area contributed by atoms with Crippen molar-refractivity contribution in [2.75, 3.05) is 23.7 Å². The van der Waals surface area contributed by atoms with Crippen LogP contribution < -0.4 is 10.6 Å². The van der Waals surface area contributed by atoms with Crippen LogP contribution in [-0.4, -0.2) is 39.1 Å². The molecule has 96 valence electrons. The fourth-order valence-corrected chi connectivity index (χ4v) is 2.57. The molecule has 1 aliphatic heterocycles. The van der Waals surface area contributed by atoms with E-state index in [0.29, 0.717) is 12.4 Å². The third kappa shape index (κ3) is 1.60. The second-order valence-corrected chi connectivity index (χ2v) is 4.88. The van der Waals surface area contributed by atoms with Gasteiger partial charge in [-0.3, -0.25) is 4.68 Å². The van der Waals surface area contributed by atoms with E-state index in [2.05, 4.69) is 15.0 Å². The molecule has 0 bridgehead atoms. The maximum Gasteiger partial charge on any atom is 0.157 e. The molecule has 0 radical (unpaired) electrons. The number of nitrogens with two attached hydrogens (primary N) is 1. The highest BCUT2D eigenvalue weighted by atomic mass is 16.3. The molecule has 3 heterocycles. The molecule has 6 heteroatoms. The number of hydrogen-bond acceptors (Lipinski definition) is 5. The second kappa shape index (κ2) is 3.84. The molecular formula is C12H17N5O. The predicted molar refractivity (Wildman–Crippen MR) is 70.5 cm³/mol. The summed E-state index contributed by atoms with van der Waals surface area (Å²) in [5.74, 6) is 1.34. The van der Waals surface area contributed by atoms with Crippen LogP contribution in [0.2, 0.25) is 0 Å². The summed E-state index contributed by atoms with van der Waals surface area (Å²) in [5.41, 5.74) is 7.88. The Bertz CT molecular complexity index is 606. The number of nitrogens with zero attached hydrogens (tertiary/aromatic N) is 4. The van der Waals surface area contributed by atoms with Gasteiger partial charge in [-0.2, -0.15) is 5.10 Å². The van der Waals surface area contributed by atoms with Crippen molar-refractivity contribution in [3.63, 3.8) is 0 Å². The monoisotopic (exact) mass is 247 g/mol. The average Bonchev–Trinajstić information content (AvgIpc) is 2.84. The summed E-state index contributed by atoms with van der Waals surface area (Å²) in [7, 11) is 1.88. The van der Waals surface area contributed by atoms with Gasteiger partial charge in [0.25, 0.3) is 0 Å². The predicted octanol–water partition coefficient (Wildman–Crippen LogP) is 0.430. The maximum absolute atomic E-state index is 9.66. The van der Waals surface area contributed by atoms with Crippen molar-refractivity contribution in [3.05, 3.63) is 11.8 Å². The van der Waals surface area contributed by atoms with E-state index in [0.717, 1.165) is 35.4 Å². The fourth-order valence-electron chi connectivity index (χ4n) is 2.57. The van der Waals surface area contributed by atoms with Crippen molar-refractivity contribution in [3.8, 4) is 0 Å². The van der Waals surface area contributed by atoms with Gasteiger partial charge in [-0.15, -0.1) is 0 Å². The Morgan fingerprint density at radius 1 is 1.50 bits per heavy atom. The highest BCUT2D eigenvalue weighted by Gasteiger charge is 2.25. The molecule has 0 aromatic carbocycles. The van der Waals surface area contributed by atoms with Crippen LogP contribution in [0.15, 0.2) is 6.07 Å². The number of anilines is 2. The van der Waals surface area contributed by atoms with Crippen molar-refractivity contribution in [1.29, 1.82) is 0 Å². The molecule has 1 fully saturated rings. The maximum atomic E-state index is 9.66. The van der Waals surface area contributed by atoms with Gasteiger partial charge >= 0.3 is 0 Å². The summed E-state index contributed by atoms with van der Waals surface area (Å²) < 4.78 is 1.77. The fraction of sp³-hybridized carbons (Fsp3) is 0.500. The Morgan fingerprint density at radius 2 is 2.28 bits per heavy atom. The van der Waals surface area contributed by atoms with E-state index in [9.17, 15) is 5.11 Å². The molecule has 1 aliphatic rings. The van der Waals surface area contributed by atoms with Crippen LogP contribution in [0.25, 0.3) is 10.9 Å². The van der Waals surface area contributed by atoms with Gasteiger partial charge in [0.1, 0.15) is 5.82 Å². The highest BCUT2D eigenvalue weighted by Crippen LogP contribution is 2.31. The van der Waals surface area contributed by atoms with Crippen molar-refractivity contribution >= 4 is 22.5 Å². The molecule has 2 aromatic heterocycles. The van der Waals surface area contributed by atoms with Gasteiger partial charge in [-0.05, 0) is 19.4 Å². The van der Waals surface area contributed by atoms with Crippen molar-refractivity contribution in [1.82, 2.24) is 14.8 Å². The van der Waals surface area contributed by atoms with Gasteiger partial charge in [0.2, 0.25) is 0 Å². The molecule has 2 aromatic rings. The third-order valence-corrected chi connectivity index (χ3v) is 3.43. The normalized spacial score (nSPS) is 19.9. The molecule has 0 amide bonds. The first-order valence-electron chi connectivity index (χ1n) is 6.09. The topological polar surface area (TPSA) is 80.2 Å². The van der Waals surface area contributed by atoms with Crippen molar-refractivity contribution < 1.29 is 5.11 Å². The molecule has 6 nitrogen and oxygen atoms in total. The highest BCUT2D eigenvalue weighted by molar-refractivity contribution is 5.98. The minimum absolute atomic E-state index is 0.278. The van der Waals surface area contributed by atoms with Crippen LogP contribution in [-0.2, 0) is 7.05 Å². The average molecular weight is 247 g/mol. The van der Waals surface area contributed by atoms with Crippen molar-refractivity contribution in [2.45, 2.75) is 19.4 Å². The minimum atomic E-state index is -0.278. The SMILES string of the molecule is Cc1cc2c(c(N)nn2C)c(N2CC[C@H](O)C2)n1. The summed E-state index contributed by atoms with van der Waals surface area (Å²) in [6.07, 6.45) is 0.498. The molecule has 0 spiro atoms. The lowest BCUT2D eigenvalue weighted by Gasteiger charge is -2.18. The van der Waals surface area contributed by atoms with E-state index in [4.69, 9.17) is 5.73 Å². The number of aliphatic hydroxyl groups is 1. The molecule has 18 heavy (non-hydrogen) atoms. The summed E-state index contributed by atoms with van der Waals surface area (Å²) in [4.78, 5) is 6.65. The lowest BCUT2D eigenvalue weighted by Crippen LogP contribution is -2.22. The first kappa shape index (κ1) is 11.3. The Morgan fingerprint density at radius 3 is 2.94 bits per heavy atom. The first-order valence-corrected chi connectivity index (χ1v) is 6.09. The van der Waals surface area contributed by atoms with Gasteiger partial charge in [0, 0.05) is 25.8 Å². The van der Waals surface area contributed by atoms with Crippen LogP contribution >= 0.6 is 0 Å². The van der Waals surface area contributed by atoms with E-state index < -0.39 is 0 Å². The molecular weight excluding hydrogens is 230 g/mol. The number of aryl methyl sites for hydroxylation is 2. The first-order chi connectivity index (χ1) is 8.56. The van der Waals surface area contributed by atoms with E-state index in [1.165, 1.54) is 0 Å². The summed E-state index contributed by atoms with van der Waals surface area (Å²) in [5, 5.41) is 14.8. The Kier molecular flexibility index (Phi) is 2.41. The number of rotatable bonds is 1. The van der Waals surface area contributed by atoms with Crippen LogP contribution in [0.4, 0.5) is 11.6 Å². The van der Waals surface area contributed by atoms with Gasteiger partial charge in [-0.25, -0.2) is 4.98 Å². The lowest BCUT2D eigenvalue weighted by molar-refractivity contribution is 0.198. The number of pyridine rings is 1. The van der Waals surface area contributed by atoms with Gasteiger partial charge in [-0.1, -0.05) is 0 Å². The van der Waals surface area contributed by atoms with Crippen LogP contribution in [0, 0.1) is 6.92 Å². The summed E-state index contributed by atoms with van der Waals surface area (Å²) in [6, 6.07) is 1.98. The summed E-state index contributed by atoms with van der Waals surface area (Å²) >= 11 is 0. The van der Waals surface area contributed by atoms with Crippen LogP contribution in [0.3, 0.4) is 0 Å². The Hall–Kier alpha value is -1.82. The lowest BCUT2D eigenvalue weighted by atomic mass is 10.2. The van der Waals surface area contributed by atoms with Crippen LogP contribution in [0.1, 0.15) is 12.1 Å². The van der Waals surface area contributed by atoms with E-state index in [-0.39, 0.29) is 6.10 Å². The number of aromatic nitrogens is 3. The Labute approximate surface area is 105 Å².